The zero-order valence-electron chi connectivity index (χ0n) is 9.92. The zero-order valence-corrected chi connectivity index (χ0v) is 10.7. The fourth-order valence-electron chi connectivity index (χ4n) is 1.29. The van der Waals surface area contributed by atoms with Gasteiger partial charge in [0.2, 0.25) is 0 Å². The lowest BCUT2D eigenvalue weighted by Crippen LogP contribution is -2.07. The summed E-state index contributed by atoms with van der Waals surface area (Å²) in [7, 11) is 0. The van der Waals surface area contributed by atoms with E-state index in [1.165, 1.54) is 24.3 Å². The summed E-state index contributed by atoms with van der Waals surface area (Å²) in [6, 6.07) is 6.98. The maximum atomic E-state index is 11.5. The number of non-ortho nitro benzene ring substituents is 1. The smallest absolute Gasteiger partial charge is 0.350 e. The molecular weight excluding hydrogens is 272 g/mol. The molecule has 0 spiro atoms. The first-order chi connectivity index (χ1) is 9.01. The number of ether oxygens (including phenoxy) is 1. The predicted molar refractivity (Wildman–Crippen MR) is 68.1 cm³/mol. The lowest BCUT2D eigenvalue weighted by molar-refractivity contribution is -0.384. The van der Waals surface area contributed by atoms with Crippen LogP contribution in [0.15, 0.2) is 29.8 Å². The summed E-state index contributed by atoms with van der Waals surface area (Å²) < 4.78 is 4.68. The molecule has 6 nitrogen and oxygen atoms in total. The number of esters is 1. The summed E-state index contributed by atoms with van der Waals surface area (Å²) in [5.41, 5.74) is -0.360. The summed E-state index contributed by atoms with van der Waals surface area (Å²) in [5, 5.41) is 19.4. The van der Waals surface area contributed by atoms with Gasteiger partial charge in [0.05, 0.1) is 16.6 Å². The Morgan fingerprint density at radius 3 is 2.79 bits per heavy atom. The van der Waals surface area contributed by atoms with Crippen molar-refractivity contribution >= 4 is 28.3 Å². The molecule has 0 saturated heterocycles. The molecule has 7 heteroatoms. The van der Waals surface area contributed by atoms with Gasteiger partial charge in [0.1, 0.15) is 6.07 Å². The Hall–Kier alpha value is -2.39. The highest BCUT2D eigenvalue weighted by atomic mass is 35.5. The van der Waals surface area contributed by atoms with Gasteiger partial charge in [0.15, 0.2) is 5.57 Å². The molecule has 0 saturated carbocycles. The van der Waals surface area contributed by atoms with Crippen molar-refractivity contribution in [1.29, 1.82) is 5.26 Å². The average molecular weight is 281 g/mol. The van der Waals surface area contributed by atoms with Crippen LogP contribution in [-0.2, 0) is 9.53 Å². The molecule has 98 valence electrons. The molecule has 0 bridgehead atoms. The van der Waals surface area contributed by atoms with Gasteiger partial charge in [-0.1, -0.05) is 23.7 Å². The fraction of sp³-hybridized carbons (Fsp3) is 0.167. The molecule has 1 aromatic carbocycles. The van der Waals surface area contributed by atoms with Crippen molar-refractivity contribution in [3.63, 3.8) is 0 Å². The van der Waals surface area contributed by atoms with Gasteiger partial charge in [-0.05, 0) is 6.92 Å². The minimum Gasteiger partial charge on any atom is -0.462 e. The summed E-state index contributed by atoms with van der Waals surface area (Å²) in [5.74, 6) is -0.860. The minimum absolute atomic E-state index is 0.100. The van der Waals surface area contributed by atoms with Crippen LogP contribution < -0.4 is 0 Å². The molecule has 0 fully saturated rings. The van der Waals surface area contributed by atoms with Crippen molar-refractivity contribution in [2.45, 2.75) is 6.92 Å². The third-order valence-electron chi connectivity index (χ3n) is 2.12. The minimum atomic E-state index is -0.860. The molecule has 0 aromatic heterocycles. The lowest BCUT2D eigenvalue weighted by atomic mass is 10.1. The molecule has 0 amide bonds. The van der Waals surface area contributed by atoms with Gasteiger partial charge in [-0.15, -0.1) is 0 Å². The summed E-state index contributed by atoms with van der Waals surface area (Å²) in [4.78, 5) is 21.5. The van der Waals surface area contributed by atoms with Crippen LogP contribution in [-0.4, -0.2) is 17.5 Å². The van der Waals surface area contributed by atoms with Crippen LogP contribution in [0.2, 0.25) is 0 Å². The maximum Gasteiger partial charge on any atom is 0.350 e. The van der Waals surface area contributed by atoms with E-state index in [1.54, 1.807) is 13.0 Å². The van der Waals surface area contributed by atoms with E-state index >= 15 is 0 Å². The summed E-state index contributed by atoms with van der Waals surface area (Å²) in [6.45, 7) is 1.69. The first-order valence-corrected chi connectivity index (χ1v) is 5.60. The fourth-order valence-corrected chi connectivity index (χ4v) is 1.52. The lowest BCUT2D eigenvalue weighted by Gasteiger charge is -2.03. The molecule has 0 unspecified atom stereocenters. The Morgan fingerprint density at radius 1 is 1.58 bits per heavy atom. The van der Waals surface area contributed by atoms with Crippen LogP contribution in [0.1, 0.15) is 12.5 Å². The molecule has 0 aliphatic heterocycles. The van der Waals surface area contributed by atoms with Crippen LogP contribution in [0, 0.1) is 21.4 Å². The standard InChI is InChI=1S/C12H9ClN2O4/c1-2-19-12(16)10(7-14)11(13)8-4-3-5-9(6-8)15(17)18/h3-6H,2H2,1H3. The van der Waals surface area contributed by atoms with E-state index in [0.29, 0.717) is 0 Å². The van der Waals surface area contributed by atoms with E-state index in [2.05, 4.69) is 4.74 Å². The highest BCUT2D eigenvalue weighted by molar-refractivity contribution is 6.51. The van der Waals surface area contributed by atoms with Crippen LogP contribution >= 0.6 is 11.6 Å². The maximum absolute atomic E-state index is 11.5. The van der Waals surface area contributed by atoms with Gasteiger partial charge in [0.25, 0.3) is 5.69 Å². The van der Waals surface area contributed by atoms with Crippen molar-refractivity contribution in [2.75, 3.05) is 6.61 Å². The number of nitro groups is 1. The zero-order chi connectivity index (χ0) is 14.4. The van der Waals surface area contributed by atoms with Gasteiger partial charge in [-0.3, -0.25) is 10.1 Å². The Kier molecular flexibility index (Phi) is 5.03. The van der Waals surface area contributed by atoms with Gasteiger partial charge in [-0.25, -0.2) is 4.79 Å². The van der Waals surface area contributed by atoms with Crippen LogP contribution in [0.5, 0.6) is 0 Å². The molecular formula is C12H9ClN2O4. The van der Waals surface area contributed by atoms with Crippen molar-refractivity contribution in [3.05, 3.63) is 45.5 Å². The third kappa shape index (κ3) is 3.53. The third-order valence-corrected chi connectivity index (χ3v) is 2.53. The molecule has 1 aromatic rings. The second kappa shape index (κ2) is 6.52. The summed E-state index contributed by atoms with van der Waals surface area (Å²) in [6.07, 6.45) is 0. The van der Waals surface area contributed by atoms with Gasteiger partial charge in [0, 0.05) is 17.7 Å². The molecule has 0 atom stereocenters. The molecule has 0 N–H and O–H groups in total. The number of rotatable bonds is 4. The van der Waals surface area contributed by atoms with E-state index < -0.39 is 10.9 Å². The number of carbonyl (C=O) groups excluding carboxylic acids is 1. The number of nitriles is 1. The number of carbonyl (C=O) groups is 1. The highest BCUT2D eigenvalue weighted by Gasteiger charge is 2.18. The van der Waals surface area contributed by atoms with Crippen LogP contribution in [0.4, 0.5) is 5.69 Å². The van der Waals surface area contributed by atoms with E-state index in [0.717, 1.165) is 0 Å². The Labute approximate surface area is 114 Å². The average Bonchev–Trinajstić information content (AvgIpc) is 2.39. The van der Waals surface area contributed by atoms with Crippen LogP contribution in [0.25, 0.3) is 5.03 Å². The second-order valence-corrected chi connectivity index (χ2v) is 3.71. The first kappa shape index (κ1) is 14.7. The van der Waals surface area contributed by atoms with Crippen molar-refractivity contribution in [3.8, 4) is 6.07 Å². The molecule has 0 aliphatic rings. The molecule has 19 heavy (non-hydrogen) atoms. The predicted octanol–water partition coefficient (Wildman–Crippen LogP) is 2.63. The first-order valence-electron chi connectivity index (χ1n) is 5.23. The SMILES string of the molecule is CCOC(=O)C(C#N)=C(Cl)c1cccc([N+](=O)[O-])c1. The van der Waals surface area contributed by atoms with E-state index in [9.17, 15) is 14.9 Å². The Bertz CT molecular complexity index is 590. The van der Waals surface area contributed by atoms with Crippen LogP contribution in [0.3, 0.4) is 0 Å². The van der Waals surface area contributed by atoms with E-state index in [4.69, 9.17) is 16.9 Å². The second-order valence-electron chi connectivity index (χ2n) is 3.33. The number of hydrogen-bond acceptors (Lipinski definition) is 5. The number of nitro benzene ring substituents is 1. The van der Waals surface area contributed by atoms with Gasteiger partial charge >= 0.3 is 5.97 Å². The van der Waals surface area contributed by atoms with Gasteiger partial charge in [-0.2, -0.15) is 5.26 Å². The number of nitrogens with zero attached hydrogens (tertiary/aromatic N) is 2. The molecule has 1 rings (SSSR count). The van der Waals surface area contributed by atoms with E-state index in [1.807, 2.05) is 0 Å². The monoisotopic (exact) mass is 280 g/mol. The topological polar surface area (TPSA) is 93.2 Å². The number of halogens is 1. The van der Waals surface area contributed by atoms with Crippen molar-refractivity contribution in [1.82, 2.24) is 0 Å². The molecule has 0 radical (unpaired) electrons. The highest BCUT2D eigenvalue weighted by Crippen LogP contribution is 2.26. The number of benzene rings is 1. The summed E-state index contributed by atoms with van der Waals surface area (Å²) >= 11 is 5.91. The largest absolute Gasteiger partial charge is 0.462 e. The Morgan fingerprint density at radius 2 is 2.26 bits per heavy atom. The number of hydrogen-bond donors (Lipinski definition) is 0. The quantitative estimate of drug-likeness (QED) is 0.278. The van der Waals surface area contributed by atoms with E-state index in [-0.39, 0.29) is 28.5 Å². The molecule has 0 heterocycles. The van der Waals surface area contributed by atoms with Gasteiger partial charge < -0.3 is 4.74 Å². The van der Waals surface area contributed by atoms with Crippen molar-refractivity contribution in [2.24, 2.45) is 0 Å². The van der Waals surface area contributed by atoms with Crippen molar-refractivity contribution < 1.29 is 14.5 Å². The Balaban J connectivity index is 3.26. The normalized spacial score (nSPS) is 11.2. The molecule has 0 aliphatic carbocycles.